The molecule has 0 bridgehead atoms. The third-order valence-corrected chi connectivity index (χ3v) is 4.97. The van der Waals surface area contributed by atoms with Crippen molar-refractivity contribution in [3.05, 3.63) is 45.4 Å². The van der Waals surface area contributed by atoms with E-state index in [0.717, 1.165) is 17.7 Å². The molecular weight excluding hydrogens is 380 g/mol. The minimum Gasteiger partial charge on any atom is -0.493 e. The summed E-state index contributed by atoms with van der Waals surface area (Å²) in [6, 6.07) is 5.66. The van der Waals surface area contributed by atoms with Gasteiger partial charge in [0.1, 0.15) is 0 Å². The van der Waals surface area contributed by atoms with E-state index in [9.17, 15) is 4.79 Å². The Morgan fingerprint density at radius 2 is 1.83 bits per heavy atom. The van der Waals surface area contributed by atoms with Crippen LogP contribution in [-0.2, 0) is 0 Å². The summed E-state index contributed by atoms with van der Waals surface area (Å²) >= 11 is 0. The molecule has 0 saturated carbocycles. The Balaban J connectivity index is 1.84. The molecule has 0 aliphatic rings. The zero-order valence-electron chi connectivity index (χ0n) is 18.6. The van der Waals surface area contributed by atoms with Crippen LogP contribution in [0.25, 0.3) is 0 Å². The number of ether oxygens (including phenoxy) is 2. The number of rotatable bonds is 13. The first-order valence-corrected chi connectivity index (χ1v) is 10.7. The van der Waals surface area contributed by atoms with Crippen molar-refractivity contribution >= 4 is 12.2 Å². The number of hydrogen-bond acceptors (Lipinski definition) is 6. The Labute approximate surface area is 178 Å². The average Bonchev–Trinajstić information content (AvgIpc) is 2.74. The SMILES string of the molecule is CCCCCCCCCOc1ccc(/C=N\Nc2nc(C)c(C)c(=O)[nH]2)cc1OC. The fourth-order valence-electron chi connectivity index (χ4n) is 2.99. The predicted molar refractivity (Wildman–Crippen MR) is 122 cm³/mol. The summed E-state index contributed by atoms with van der Waals surface area (Å²) < 4.78 is 11.3. The zero-order valence-corrected chi connectivity index (χ0v) is 18.6. The normalized spacial score (nSPS) is 11.1. The van der Waals surface area contributed by atoms with Crippen LogP contribution in [0.1, 0.15) is 68.7 Å². The van der Waals surface area contributed by atoms with Crippen LogP contribution in [-0.4, -0.2) is 29.9 Å². The van der Waals surface area contributed by atoms with Crippen LogP contribution < -0.4 is 20.5 Å². The molecule has 0 spiro atoms. The number of aromatic nitrogens is 2. The molecule has 2 aromatic rings. The Hall–Kier alpha value is -2.83. The molecule has 0 unspecified atom stereocenters. The molecule has 2 N–H and O–H groups in total. The minimum absolute atomic E-state index is 0.177. The number of benzene rings is 1. The van der Waals surface area contributed by atoms with E-state index in [0.29, 0.717) is 29.6 Å². The summed E-state index contributed by atoms with van der Waals surface area (Å²) in [6.45, 7) is 6.44. The third-order valence-electron chi connectivity index (χ3n) is 4.97. The van der Waals surface area contributed by atoms with Gasteiger partial charge in [0.25, 0.3) is 5.56 Å². The largest absolute Gasteiger partial charge is 0.493 e. The van der Waals surface area contributed by atoms with Gasteiger partial charge in [0, 0.05) is 11.3 Å². The van der Waals surface area contributed by atoms with E-state index < -0.39 is 0 Å². The molecule has 7 heteroatoms. The maximum atomic E-state index is 11.8. The second-order valence-electron chi connectivity index (χ2n) is 7.38. The van der Waals surface area contributed by atoms with Gasteiger partial charge in [-0.1, -0.05) is 45.4 Å². The van der Waals surface area contributed by atoms with Gasteiger partial charge < -0.3 is 9.47 Å². The van der Waals surface area contributed by atoms with Gasteiger partial charge in [-0.15, -0.1) is 0 Å². The average molecular weight is 415 g/mol. The molecule has 0 radical (unpaired) electrons. The Bertz CT molecular complexity index is 877. The lowest BCUT2D eigenvalue weighted by Crippen LogP contribution is -2.15. The Kier molecular flexibility index (Phi) is 9.91. The van der Waals surface area contributed by atoms with Gasteiger partial charge in [-0.3, -0.25) is 9.78 Å². The van der Waals surface area contributed by atoms with Crippen molar-refractivity contribution in [3.63, 3.8) is 0 Å². The number of aryl methyl sites for hydroxylation is 1. The van der Waals surface area contributed by atoms with Gasteiger partial charge in [0.05, 0.1) is 19.9 Å². The number of methoxy groups -OCH3 is 1. The molecular formula is C23H34N4O3. The molecule has 1 heterocycles. The lowest BCUT2D eigenvalue weighted by molar-refractivity contribution is 0.284. The summed E-state index contributed by atoms with van der Waals surface area (Å²) in [4.78, 5) is 18.7. The highest BCUT2D eigenvalue weighted by molar-refractivity contribution is 5.81. The highest BCUT2D eigenvalue weighted by Crippen LogP contribution is 2.27. The highest BCUT2D eigenvalue weighted by Gasteiger charge is 2.06. The molecule has 2 rings (SSSR count). The van der Waals surface area contributed by atoms with Crippen molar-refractivity contribution in [3.8, 4) is 11.5 Å². The summed E-state index contributed by atoms with van der Waals surface area (Å²) in [5, 5.41) is 4.14. The second kappa shape index (κ2) is 12.7. The molecule has 0 atom stereocenters. The molecule has 164 valence electrons. The summed E-state index contributed by atoms with van der Waals surface area (Å²) in [6.07, 6.45) is 10.4. The van der Waals surface area contributed by atoms with Crippen LogP contribution in [0.15, 0.2) is 28.1 Å². The van der Waals surface area contributed by atoms with Crippen LogP contribution in [0.4, 0.5) is 5.95 Å². The van der Waals surface area contributed by atoms with E-state index in [4.69, 9.17) is 9.47 Å². The third kappa shape index (κ3) is 7.54. The fraction of sp³-hybridized carbons (Fsp3) is 0.522. The molecule has 1 aromatic carbocycles. The van der Waals surface area contributed by atoms with E-state index in [-0.39, 0.29) is 5.56 Å². The van der Waals surface area contributed by atoms with Gasteiger partial charge >= 0.3 is 0 Å². The van der Waals surface area contributed by atoms with Crippen LogP contribution in [0, 0.1) is 13.8 Å². The number of hydrazone groups is 1. The first-order valence-electron chi connectivity index (χ1n) is 10.7. The smallest absolute Gasteiger partial charge is 0.255 e. The van der Waals surface area contributed by atoms with Crippen LogP contribution in [0.3, 0.4) is 0 Å². The first kappa shape index (κ1) is 23.4. The van der Waals surface area contributed by atoms with Crippen molar-refractivity contribution < 1.29 is 9.47 Å². The Morgan fingerprint density at radius 3 is 2.53 bits per heavy atom. The first-order chi connectivity index (χ1) is 14.5. The summed E-state index contributed by atoms with van der Waals surface area (Å²) in [5.74, 6) is 1.70. The number of anilines is 1. The second-order valence-corrected chi connectivity index (χ2v) is 7.38. The molecule has 0 amide bonds. The van der Waals surface area contributed by atoms with Crippen LogP contribution in [0.5, 0.6) is 11.5 Å². The van der Waals surface area contributed by atoms with E-state index in [1.165, 1.54) is 38.5 Å². The lowest BCUT2D eigenvalue weighted by atomic mass is 10.1. The van der Waals surface area contributed by atoms with Crippen LogP contribution in [0.2, 0.25) is 0 Å². The Morgan fingerprint density at radius 1 is 1.10 bits per heavy atom. The quantitative estimate of drug-likeness (QED) is 0.274. The number of aromatic amines is 1. The molecule has 1 aromatic heterocycles. The molecule has 0 aliphatic carbocycles. The van der Waals surface area contributed by atoms with Gasteiger partial charge in [0.2, 0.25) is 5.95 Å². The number of unbranched alkanes of at least 4 members (excludes halogenated alkanes) is 6. The van der Waals surface area contributed by atoms with E-state index >= 15 is 0 Å². The molecule has 0 saturated heterocycles. The van der Waals surface area contributed by atoms with Crippen LogP contribution >= 0.6 is 0 Å². The van der Waals surface area contributed by atoms with Crippen molar-refractivity contribution in [2.75, 3.05) is 19.1 Å². The molecule has 0 aliphatic heterocycles. The maximum Gasteiger partial charge on any atom is 0.255 e. The van der Waals surface area contributed by atoms with E-state index in [2.05, 4.69) is 27.4 Å². The maximum absolute atomic E-state index is 11.8. The van der Waals surface area contributed by atoms with E-state index in [1.54, 1.807) is 27.2 Å². The van der Waals surface area contributed by atoms with Gasteiger partial charge in [-0.25, -0.2) is 10.4 Å². The number of H-pyrrole nitrogens is 1. The minimum atomic E-state index is -0.177. The van der Waals surface area contributed by atoms with Crippen molar-refractivity contribution in [2.45, 2.75) is 65.7 Å². The predicted octanol–water partition coefficient (Wildman–Crippen LogP) is 4.97. The molecule has 30 heavy (non-hydrogen) atoms. The highest BCUT2D eigenvalue weighted by atomic mass is 16.5. The summed E-state index contributed by atoms with van der Waals surface area (Å²) in [5.41, 5.74) is 4.68. The number of hydrogen-bond donors (Lipinski definition) is 2. The topological polar surface area (TPSA) is 88.6 Å². The standard InChI is InChI=1S/C23H34N4O3/c1-5-6-7-8-9-10-11-14-30-20-13-12-19(15-21(20)29-4)16-24-27-23-25-18(3)17(2)22(28)26-23/h12-13,15-16H,5-11,14H2,1-4H3,(H2,25,26,27,28)/b24-16-. The number of nitrogens with zero attached hydrogens (tertiary/aromatic N) is 2. The summed E-state index contributed by atoms with van der Waals surface area (Å²) in [7, 11) is 1.62. The molecule has 0 fully saturated rings. The van der Waals surface area contributed by atoms with Crippen molar-refractivity contribution in [1.29, 1.82) is 0 Å². The lowest BCUT2D eigenvalue weighted by Gasteiger charge is -2.11. The van der Waals surface area contributed by atoms with Crippen molar-refractivity contribution in [2.24, 2.45) is 5.10 Å². The number of nitrogens with one attached hydrogen (secondary N) is 2. The van der Waals surface area contributed by atoms with Gasteiger partial charge in [0.15, 0.2) is 11.5 Å². The zero-order chi connectivity index (χ0) is 21.8. The van der Waals surface area contributed by atoms with E-state index in [1.807, 2.05) is 18.2 Å². The van der Waals surface area contributed by atoms with Gasteiger partial charge in [-0.2, -0.15) is 5.10 Å². The molecule has 7 nitrogen and oxygen atoms in total. The monoisotopic (exact) mass is 414 g/mol. The van der Waals surface area contributed by atoms with Crippen molar-refractivity contribution in [1.82, 2.24) is 9.97 Å². The fourth-order valence-corrected chi connectivity index (χ4v) is 2.99. The van der Waals surface area contributed by atoms with Gasteiger partial charge in [-0.05, 0) is 44.0 Å².